The third-order valence-corrected chi connectivity index (χ3v) is 2.45. The van der Waals surface area contributed by atoms with Crippen LogP contribution in [0.5, 0.6) is 0 Å². The Balaban J connectivity index is 1.99. The first-order valence-corrected chi connectivity index (χ1v) is 4.97. The van der Waals surface area contributed by atoms with Crippen molar-refractivity contribution in [3.63, 3.8) is 0 Å². The summed E-state index contributed by atoms with van der Waals surface area (Å²) in [5.41, 5.74) is 0. The molecule has 0 radical (unpaired) electrons. The van der Waals surface area contributed by atoms with E-state index in [1.165, 1.54) is 12.8 Å². The summed E-state index contributed by atoms with van der Waals surface area (Å²) >= 11 is 4.15. The van der Waals surface area contributed by atoms with E-state index < -0.39 is 0 Å². The summed E-state index contributed by atoms with van der Waals surface area (Å²) in [6, 6.07) is 0. The minimum absolute atomic E-state index is 0.0639. The number of nitrogens with zero attached hydrogens (tertiary/aromatic N) is 1. The largest absolute Gasteiger partial charge is 0.392 e. The van der Waals surface area contributed by atoms with Crippen LogP contribution in [0.25, 0.3) is 0 Å². The molecule has 0 aromatic carbocycles. The molecular formula is C8H17NOS. The molecule has 0 saturated carbocycles. The standard InChI is InChI=1S/C8H17NOS/c10-8-3-5-9(7-8)4-1-2-6-11/h8,10-11H,1-7H2. The number of rotatable bonds is 4. The minimum atomic E-state index is -0.0639. The maximum absolute atomic E-state index is 9.20. The van der Waals surface area contributed by atoms with Gasteiger partial charge < -0.3 is 10.0 Å². The fourth-order valence-corrected chi connectivity index (χ4v) is 1.69. The van der Waals surface area contributed by atoms with Gasteiger partial charge in [0.1, 0.15) is 0 Å². The van der Waals surface area contributed by atoms with Gasteiger partial charge in [-0.2, -0.15) is 12.6 Å². The summed E-state index contributed by atoms with van der Waals surface area (Å²) in [5.74, 6) is 0.983. The Kier molecular flexibility index (Phi) is 4.26. The summed E-state index contributed by atoms with van der Waals surface area (Å²) in [7, 11) is 0. The summed E-state index contributed by atoms with van der Waals surface area (Å²) in [6.07, 6.45) is 3.30. The second-order valence-corrected chi connectivity index (χ2v) is 3.62. The van der Waals surface area contributed by atoms with E-state index in [9.17, 15) is 5.11 Å². The number of aliphatic hydroxyl groups is 1. The molecule has 1 unspecified atom stereocenters. The van der Waals surface area contributed by atoms with Crippen LogP contribution < -0.4 is 0 Å². The molecule has 0 aromatic rings. The van der Waals surface area contributed by atoms with Crippen LogP contribution in [0, 0.1) is 0 Å². The van der Waals surface area contributed by atoms with Crippen molar-refractivity contribution in [1.82, 2.24) is 4.90 Å². The van der Waals surface area contributed by atoms with Gasteiger partial charge in [0.25, 0.3) is 0 Å². The molecule has 0 aliphatic carbocycles. The highest BCUT2D eigenvalue weighted by atomic mass is 32.1. The van der Waals surface area contributed by atoms with Crippen molar-refractivity contribution in [2.75, 3.05) is 25.4 Å². The molecule has 1 saturated heterocycles. The van der Waals surface area contributed by atoms with Gasteiger partial charge in [0, 0.05) is 13.1 Å². The van der Waals surface area contributed by atoms with E-state index in [1.54, 1.807) is 0 Å². The summed E-state index contributed by atoms with van der Waals surface area (Å²) in [5, 5.41) is 9.20. The molecule has 1 atom stereocenters. The van der Waals surface area contributed by atoms with Crippen molar-refractivity contribution < 1.29 is 5.11 Å². The van der Waals surface area contributed by atoms with E-state index in [2.05, 4.69) is 17.5 Å². The molecular weight excluding hydrogens is 158 g/mol. The number of hydrogen-bond acceptors (Lipinski definition) is 3. The van der Waals surface area contributed by atoms with Crippen molar-refractivity contribution in [3.05, 3.63) is 0 Å². The molecule has 1 aliphatic heterocycles. The average Bonchev–Trinajstić information content (AvgIpc) is 2.37. The predicted octanol–water partition coefficient (Wildman–Crippen LogP) is 0.763. The first-order chi connectivity index (χ1) is 5.33. The fourth-order valence-electron chi connectivity index (χ4n) is 1.46. The van der Waals surface area contributed by atoms with Crippen LogP contribution in [0.1, 0.15) is 19.3 Å². The topological polar surface area (TPSA) is 23.5 Å². The highest BCUT2D eigenvalue weighted by molar-refractivity contribution is 7.80. The van der Waals surface area contributed by atoms with Gasteiger partial charge in [-0.3, -0.25) is 0 Å². The van der Waals surface area contributed by atoms with Crippen LogP contribution in [0.2, 0.25) is 0 Å². The Morgan fingerprint density at radius 3 is 2.82 bits per heavy atom. The SMILES string of the molecule is OC1CCN(CCCCS)C1. The lowest BCUT2D eigenvalue weighted by Gasteiger charge is -2.13. The van der Waals surface area contributed by atoms with E-state index >= 15 is 0 Å². The van der Waals surface area contributed by atoms with Gasteiger partial charge in [0.15, 0.2) is 0 Å². The molecule has 1 heterocycles. The fraction of sp³-hybridized carbons (Fsp3) is 1.00. The maximum Gasteiger partial charge on any atom is 0.0679 e. The molecule has 0 bridgehead atoms. The van der Waals surface area contributed by atoms with Crippen molar-refractivity contribution in [1.29, 1.82) is 0 Å². The van der Waals surface area contributed by atoms with E-state index in [0.717, 1.165) is 31.8 Å². The average molecular weight is 175 g/mol. The van der Waals surface area contributed by atoms with Crippen LogP contribution >= 0.6 is 12.6 Å². The van der Waals surface area contributed by atoms with Gasteiger partial charge in [-0.05, 0) is 31.6 Å². The molecule has 2 nitrogen and oxygen atoms in total. The maximum atomic E-state index is 9.20. The zero-order valence-corrected chi connectivity index (χ0v) is 7.76. The number of hydrogen-bond donors (Lipinski definition) is 2. The number of thiol groups is 1. The number of unbranched alkanes of at least 4 members (excludes halogenated alkanes) is 1. The quantitative estimate of drug-likeness (QED) is 0.487. The third-order valence-electron chi connectivity index (χ3n) is 2.13. The highest BCUT2D eigenvalue weighted by Crippen LogP contribution is 2.09. The lowest BCUT2D eigenvalue weighted by Crippen LogP contribution is -2.23. The number of aliphatic hydroxyl groups excluding tert-OH is 1. The van der Waals surface area contributed by atoms with Crippen molar-refractivity contribution in [3.8, 4) is 0 Å². The smallest absolute Gasteiger partial charge is 0.0679 e. The molecule has 66 valence electrons. The second-order valence-electron chi connectivity index (χ2n) is 3.17. The van der Waals surface area contributed by atoms with Gasteiger partial charge in [-0.15, -0.1) is 0 Å². The first-order valence-electron chi connectivity index (χ1n) is 4.34. The zero-order valence-electron chi connectivity index (χ0n) is 6.87. The van der Waals surface area contributed by atoms with Gasteiger partial charge >= 0.3 is 0 Å². The zero-order chi connectivity index (χ0) is 8.10. The molecule has 1 N–H and O–H groups in total. The van der Waals surface area contributed by atoms with Crippen LogP contribution in [0.3, 0.4) is 0 Å². The van der Waals surface area contributed by atoms with Gasteiger partial charge in [0.2, 0.25) is 0 Å². The lowest BCUT2D eigenvalue weighted by atomic mass is 10.3. The molecule has 11 heavy (non-hydrogen) atoms. The molecule has 0 spiro atoms. The summed E-state index contributed by atoms with van der Waals surface area (Å²) < 4.78 is 0. The van der Waals surface area contributed by atoms with Gasteiger partial charge in [0.05, 0.1) is 6.10 Å². The van der Waals surface area contributed by atoms with Crippen molar-refractivity contribution >= 4 is 12.6 Å². The highest BCUT2D eigenvalue weighted by Gasteiger charge is 2.18. The van der Waals surface area contributed by atoms with Crippen LogP contribution in [0.15, 0.2) is 0 Å². The Hall–Kier alpha value is 0.270. The molecule has 0 amide bonds. The molecule has 0 aromatic heterocycles. The Morgan fingerprint density at radius 1 is 1.45 bits per heavy atom. The molecule has 3 heteroatoms. The van der Waals surface area contributed by atoms with Gasteiger partial charge in [-0.1, -0.05) is 0 Å². The van der Waals surface area contributed by atoms with Crippen LogP contribution in [-0.2, 0) is 0 Å². The Bertz CT molecular complexity index is 110. The van der Waals surface area contributed by atoms with Crippen molar-refractivity contribution in [2.45, 2.75) is 25.4 Å². The Labute approximate surface area is 74.0 Å². The third kappa shape index (κ3) is 3.45. The first kappa shape index (κ1) is 9.36. The minimum Gasteiger partial charge on any atom is -0.392 e. The van der Waals surface area contributed by atoms with Crippen molar-refractivity contribution in [2.24, 2.45) is 0 Å². The van der Waals surface area contributed by atoms with E-state index in [-0.39, 0.29) is 6.10 Å². The van der Waals surface area contributed by atoms with E-state index in [0.29, 0.717) is 0 Å². The normalized spacial score (nSPS) is 26.2. The molecule has 1 rings (SSSR count). The van der Waals surface area contributed by atoms with E-state index in [4.69, 9.17) is 0 Å². The van der Waals surface area contributed by atoms with Crippen LogP contribution in [0.4, 0.5) is 0 Å². The monoisotopic (exact) mass is 175 g/mol. The van der Waals surface area contributed by atoms with Crippen LogP contribution in [-0.4, -0.2) is 41.5 Å². The molecule has 1 fully saturated rings. The summed E-state index contributed by atoms with van der Waals surface area (Å²) in [4.78, 5) is 2.33. The number of likely N-dealkylation sites (tertiary alicyclic amines) is 1. The van der Waals surface area contributed by atoms with Gasteiger partial charge in [-0.25, -0.2) is 0 Å². The van der Waals surface area contributed by atoms with E-state index in [1.807, 2.05) is 0 Å². The predicted molar refractivity (Wildman–Crippen MR) is 50.2 cm³/mol. The summed E-state index contributed by atoms with van der Waals surface area (Å²) in [6.45, 7) is 3.10. The molecule has 1 aliphatic rings. The second kappa shape index (κ2) is 5.01. The number of β-amino-alcohol motifs (C(OH)–C–C–N with tert-alkyl or cyclic N) is 1. The lowest BCUT2D eigenvalue weighted by molar-refractivity contribution is 0.176. The Morgan fingerprint density at radius 2 is 2.27 bits per heavy atom.